The van der Waals surface area contributed by atoms with Crippen molar-refractivity contribution in [2.24, 2.45) is 11.8 Å². The molecule has 5 aromatic rings. The highest BCUT2D eigenvalue weighted by molar-refractivity contribution is 5.86. The standard InChI is InChI=1S/C38H44N8O2/c1-24-20-43-46-34(24)35-29(38(2,3)4)23-40-32(45-35)19-26-11-14-27(15-12-26)33(31(47)16-13-25-9-7-6-8-10-25)30-17-18-39-36(44-30)28-21-41-37(48-5)42-22-28/h6-10,17-18,20-23,26-27,33H,11-16,19H2,1-5H3,(H,43,46). The molecule has 1 atom stereocenters. The lowest BCUT2D eigenvalue weighted by atomic mass is 9.72. The van der Waals surface area contributed by atoms with Crippen molar-refractivity contribution in [3.05, 3.63) is 95.6 Å². The fraction of sp³-hybridized carbons (Fsp3) is 0.421. The van der Waals surface area contributed by atoms with Crippen molar-refractivity contribution in [2.45, 2.75) is 84.0 Å². The Morgan fingerprint density at radius 1 is 0.938 bits per heavy atom. The van der Waals surface area contributed by atoms with Crippen LogP contribution in [-0.4, -0.2) is 53.0 Å². The molecule has 6 rings (SSSR count). The predicted octanol–water partition coefficient (Wildman–Crippen LogP) is 7.06. The Morgan fingerprint density at radius 2 is 1.69 bits per heavy atom. The van der Waals surface area contributed by atoms with Crippen LogP contribution in [0.15, 0.2) is 67.4 Å². The summed E-state index contributed by atoms with van der Waals surface area (Å²) in [6, 6.07) is 12.4. The molecule has 48 heavy (non-hydrogen) atoms. The lowest BCUT2D eigenvalue weighted by Crippen LogP contribution is -2.28. The van der Waals surface area contributed by atoms with E-state index < -0.39 is 0 Å². The minimum atomic E-state index is -0.312. The zero-order valence-corrected chi connectivity index (χ0v) is 28.5. The van der Waals surface area contributed by atoms with Crippen LogP contribution in [-0.2, 0) is 23.1 Å². The molecular formula is C38H44N8O2. The van der Waals surface area contributed by atoms with Crippen LogP contribution in [0.25, 0.3) is 22.8 Å². The Morgan fingerprint density at radius 3 is 2.35 bits per heavy atom. The van der Waals surface area contributed by atoms with Gasteiger partial charge in [-0.3, -0.25) is 9.89 Å². The summed E-state index contributed by atoms with van der Waals surface area (Å²) in [7, 11) is 1.53. The maximum Gasteiger partial charge on any atom is 0.316 e. The monoisotopic (exact) mass is 644 g/mol. The van der Waals surface area contributed by atoms with Crippen LogP contribution >= 0.6 is 0 Å². The van der Waals surface area contributed by atoms with Crippen LogP contribution in [0, 0.1) is 18.8 Å². The molecule has 1 aliphatic carbocycles. The second kappa shape index (κ2) is 14.5. The number of benzene rings is 1. The maximum absolute atomic E-state index is 14.1. The van der Waals surface area contributed by atoms with Gasteiger partial charge in [0, 0.05) is 43.2 Å². The van der Waals surface area contributed by atoms with E-state index in [9.17, 15) is 4.79 Å². The molecule has 0 radical (unpaired) electrons. The summed E-state index contributed by atoms with van der Waals surface area (Å²) in [5, 5.41) is 7.41. The van der Waals surface area contributed by atoms with Gasteiger partial charge in [-0.2, -0.15) is 5.10 Å². The Labute approximate surface area is 282 Å². The van der Waals surface area contributed by atoms with Gasteiger partial charge in [0.05, 0.1) is 41.9 Å². The minimum Gasteiger partial charge on any atom is -0.467 e. The molecule has 4 heterocycles. The highest BCUT2D eigenvalue weighted by atomic mass is 16.5. The number of methoxy groups -OCH3 is 1. The molecular weight excluding hydrogens is 600 g/mol. The largest absolute Gasteiger partial charge is 0.467 e. The molecule has 1 fully saturated rings. The van der Waals surface area contributed by atoms with Crippen molar-refractivity contribution in [3.63, 3.8) is 0 Å². The van der Waals surface area contributed by atoms with Crippen molar-refractivity contribution in [1.29, 1.82) is 0 Å². The van der Waals surface area contributed by atoms with E-state index in [0.29, 0.717) is 30.1 Å². The van der Waals surface area contributed by atoms with Gasteiger partial charge in [-0.15, -0.1) is 0 Å². The third kappa shape index (κ3) is 7.64. The zero-order chi connectivity index (χ0) is 33.7. The fourth-order valence-corrected chi connectivity index (χ4v) is 6.79. The summed E-state index contributed by atoms with van der Waals surface area (Å²) in [6.07, 6.45) is 14.7. The van der Waals surface area contributed by atoms with Gasteiger partial charge >= 0.3 is 6.01 Å². The second-order valence-electron chi connectivity index (χ2n) is 13.9. The normalized spacial score (nSPS) is 17.2. The number of rotatable bonds is 11. The van der Waals surface area contributed by atoms with E-state index in [4.69, 9.17) is 19.7 Å². The third-order valence-corrected chi connectivity index (χ3v) is 9.46. The second-order valence-corrected chi connectivity index (χ2v) is 13.9. The number of ketones is 1. The molecule has 0 saturated heterocycles. The number of aromatic amines is 1. The summed E-state index contributed by atoms with van der Waals surface area (Å²) in [5.41, 5.74) is 6.56. The quantitative estimate of drug-likeness (QED) is 0.160. The van der Waals surface area contributed by atoms with Gasteiger partial charge in [0.1, 0.15) is 11.6 Å². The maximum atomic E-state index is 14.1. The van der Waals surface area contributed by atoms with E-state index >= 15 is 0 Å². The average Bonchev–Trinajstić information content (AvgIpc) is 3.54. The summed E-state index contributed by atoms with van der Waals surface area (Å²) >= 11 is 0. The predicted molar refractivity (Wildman–Crippen MR) is 184 cm³/mol. The highest BCUT2D eigenvalue weighted by Gasteiger charge is 2.35. The molecule has 1 aromatic carbocycles. The van der Waals surface area contributed by atoms with Crippen molar-refractivity contribution >= 4 is 5.78 Å². The zero-order valence-electron chi connectivity index (χ0n) is 28.5. The van der Waals surface area contributed by atoms with E-state index in [1.807, 2.05) is 36.7 Å². The van der Waals surface area contributed by atoms with Crippen molar-refractivity contribution in [1.82, 2.24) is 40.1 Å². The van der Waals surface area contributed by atoms with E-state index in [0.717, 1.165) is 71.7 Å². The SMILES string of the molecule is COc1ncc(-c2nccc(C(C(=O)CCc3ccccc3)C3CCC(Cc4ncc(C(C)(C)C)c(-c5[nH]ncc5C)n4)CC3)n2)cn1. The molecule has 1 unspecified atom stereocenters. The average molecular weight is 645 g/mol. The van der Waals surface area contributed by atoms with Crippen molar-refractivity contribution in [3.8, 4) is 28.8 Å². The van der Waals surface area contributed by atoms with Gasteiger partial charge in [0.15, 0.2) is 5.82 Å². The number of hydrogen-bond acceptors (Lipinski definition) is 9. The van der Waals surface area contributed by atoms with Crippen LogP contribution in [0.2, 0.25) is 0 Å². The number of H-pyrrole nitrogens is 1. The van der Waals surface area contributed by atoms with Crippen molar-refractivity contribution < 1.29 is 9.53 Å². The summed E-state index contributed by atoms with van der Waals surface area (Å²) < 4.78 is 5.11. The van der Waals surface area contributed by atoms with Crippen molar-refractivity contribution in [2.75, 3.05) is 7.11 Å². The number of hydrogen-bond donors (Lipinski definition) is 1. The van der Waals surface area contributed by atoms with Gasteiger partial charge < -0.3 is 4.74 Å². The van der Waals surface area contributed by atoms with E-state index in [1.54, 1.807) is 18.6 Å². The first-order chi connectivity index (χ1) is 23.2. The Balaban J connectivity index is 1.21. The smallest absolute Gasteiger partial charge is 0.316 e. The van der Waals surface area contributed by atoms with E-state index in [2.05, 4.69) is 65.0 Å². The lowest BCUT2D eigenvalue weighted by Gasteiger charge is -2.33. The molecule has 1 N–H and O–H groups in total. The minimum absolute atomic E-state index is 0.104. The molecule has 0 aliphatic heterocycles. The Hall–Kier alpha value is -4.86. The number of carbonyl (C=O) groups is 1. The number of ether oxygens (including phenoxy) is 1. The van der Waals surface area contributed by atoms with E-state index in [-0.39, 0.29) is 29.0 Å². The number of aromatic nitrogens is 8. The number of nitrogens with one attached hydrogen (secondary N) is 1. The Kier molecular flexibility index (Phi) is 9.98. The number of nitrogens with zero attached hydrogens (tertiary/aromatic N) is 7. The highest BCUT2D eigenvalue weighted by Crippen LogP contribution is 2.40. The number of aryl methyl sites for hydroxylation is 2. The van der Waals surface area contributed by atoms with Crippen LogP contribution in [0.4, 0.5) is 0 Å². The Bertz CT molecular complexity index is 1820. The van der Waals surface area contributed by atoms with Crippen LogP contribution in [0.3, 0.4) is 0 Å². The van der Waals surface area contributed by atoms with Crippen LogP contribution in [0.5, 0.6) is 6.01 Å². The molecule has 10 nitrogen and oxygen atoms in total. The summed E-state index contributed by atoms with van der Waals surface area (Å²) in [6.45, 7) is 8.61. The van der Waals surface area contributed by atoms with Gasteiger partial charge in [0.2, 0.25) is 0 Å². The molecule has 0 amide bonds. The summed E-state index contributed by atoms with van der Waals surface area (Å²) in [5.74, 6) is 1.89. The summed E-state index contributed by atoms with van der Waals surface area (Å²) in [4.78, 5) is 41.9. The first-order valence-electron chi connectivity index (χ1n) is 16.8. The first kappa shape index (κ1) is 33.1. The van der Waals surface area contributed by atoms with Gasteiger partial charge in [0.25, 0.3) is 0 Å². The third-order valence-electron chi connectivity index (χ3n) is 9.46. The van der Waals surface area contributed by atoms with E-state index in [1.165, 1.54) is 7.11 Å². The molecule has 10 heteroatoms. The number of Topliss-reactive ketones (excluding diaryl/α,β-unsaturated/α-hetero) is 1. The van der Waals surface area contributed by atoms with Crippen LogP contribution in [0.1, 0.15) is 87.0 Å². The van der Waals surface area contributed by atoms with Crippen LogP contribution < -0.4 is 4.74 Å². The lowest BCUT2D eigenvalue weighted by molar-refractivity contribution is -0.122. The van der Waals surface area contributed by atoms with Gasteiger partial charge in [-0.25, -0.2) is 29.9 Å². The number of carbonyl (C=O) groups excluding carboxylic acids is 1. The molecule has 1 saturated carbocycles. The molecule has 0 spiro atoms. The first-order valence-corrected chi connectivity index (χ1v) is 16.8. The van der Waals surface area contributed by atoms with Gasteiger partial charge in [-0.05, 0) is 73.5 Å². The fourth-order valence-electron chi connectivity index (χ4n) is 6.79. The molecule has 1 aliphatic rings. The topological polar surface area (TPSA) is 132 Å². The molecule has 0 bridgehead atoms. The molecule has 248 valence electrons. The van der Waals surface area contributed by atoms with Gasteiger partial charge in [-0.1, -0.05) is 51.1 Å². The molecule has 4 aromatic heterocycles.